The predicted octanol–water partition coefficient (Wildman–Crippen LogP) is 0.00770. The Morgan fingerprint density at radius 3 is 3.15 bits per heavy atom. The molecule has 1 aromatic rings. The normalized spacial score (nSPS) is 20.2. The van der Waals surface area contributed by atoms with Crippen LogP contribution in [0.25, 0.3) is 0 Å². The van der Waals surface area contributed by atoms with Gasteiger partial charge in [0.25, 0.3) is 5.56 Å². The molecule has 0 bridgehead atoms. The SMILES string of the molecule is Cl.NC1CCc2n[nH]c(=O)cc2C1. The number of H-pyrrole nitrogens is 1. The van der Waals surface area contributed by atoms with Crippen molar-refractivity contribution in [3.63, 3.8) is 0 Å². The second kappa shape index (κ2) is 3.89. The maximum Gasteiger partial charge on any atom is 0.264 e. The first-order chi connectivity index (χ1) is 5.75. The van der Waals surface area contributed by atoms with Gasteiger partial charge in [0.1, 0.15) is 0 Å². The molecule has 0 fully saturated rings. The van der Waals surface area contributed by atoms with E-state index in [0.29, 0.717) is 0 Å². The van der Waals surface area contributed by atoms with Crippen molar-refractivity contribution >= 4 is 12.4 Å². The molecule has 13 heavy (non-hydrogen) atoms. The zero-order valence-corrected chi connectivity index (χ0v) is 7.93. The number of nitrogens with two attached hydrogens (primary N) is 1. The molecule has 5 heteroatoms. The summed E-state index contributed by atoms with van der Waals surface area (Å²) >= 11 is 0. The van der Waals surface area contributed by atoms with Gasteiger partial charge < -0.3 is 5.73 Å². The van der Waals surface area contributed by atoms with Crippen LogP contribution in [0.3, 0.4) is 0 Å². The van der Waals surface area contributed by atoms with Crippen LogP contribution in [-0.2, 0) is 12.8 Å². The first kappa shape index (κ1) is 10.2. The lowest BCUT2D eigenvalue weighted by Crippen LogP contribution is -2.30. The van der Waals surface area contributed by atoms with Crippen LogP contribution in [0.1, 0.15) is 17.7 Å². The van der Waals surface area contributed by atoms with Crippen molar-refractivity contribution in [3.05, 3.63) is 27.7 Å². The van der Waals surface area contributed by atoms with Crippen LogP contribution in [0.15, 0.2) is 10.9 Å². The minimum atomic E-state index is -0.136. The minimum Gasteiger partial charge on any atom is -0.327 e. The highest BCUT2D eigenvalue weighted by atomic mass is 35.5. The van der Waals surface area contributed by atoms with Gasteiger partial charge in [-0.15, -0.1) is 12.4 Å². The van der Waals surface area contributed by atoms with Crippen LogP contribution in [0.5, 0.6) is 0 Å². The molecular formula is C8H12ClN3O. The zero-order chi connectivity index (χ0) is 8.55. The number of nitrogens with zero attached hydrogens (tertiary/aromatic N) is 1. The number of nitrogens with one attached hydrogen (secondary N) is 1. The number of hydrogen-bond acceptors (Lipinski definition) is 3. The average Bonchev–Trinajstić information content (AvgIpc) is 2.03. The standard InChI is InChI=1S/C8H11N3O.ClH/c9-6-1-2-7-5(3-6)4-8(12)11-10-7;/h4,6H,1-3,9H2,(H,11,12);1H. The number of fused-ring (bicyclic) bond motifs is 1. The van der Waals surface area contributed by atoms with Crippen LogP contribution in [-0.4, -0.2) is 16.2 Å². The Hall–Kier alpha value is -0.870. The molecule has 0 saturated heterocycles. The molecule has 1 unspecified atom stereocenters. The molecule has 0 aliphatic heterocycles. The summed E-state index contributed by atoms with van der Waals surface area (Å²) in [6, 6.07) is 1.79. The summed E-state index contributed by atoms with van der Waals surface area (Å²) in [7, 11) is 0. The van der Waals surface area contributed by atoms with Crippen molar-refractivity contribution in [2.45, 2.75) is 25.3 Å². The fraction of sp³-hybridized carbons (Fsp3) is 0.500. The van der Waals surface area contributed by atoms with Crippen molar-refractivity contribution in [2.75, 3.05) is 0 Å². The van der Waals surface area contributed by atoms with E-state index in [4.69, 9.17) is 5.73 Å². The molecule has 1 aromatic heterocycles. The Labute approximate surface area is 81.9 Å². The topological polar surface area (TPSA) is 71.8 Å². The van der Waals surface area contributed by atoms with Gasteiger partial charge in [-0.3, -0.25) is 4.79 Å². The Morgan fingerprint density at radius 2 is 2.38 bits per heavy atom. The lowest BCUT2D eigenvalue weighted by molar-refractivity contribution is 0.559. The van der Waals surface area contributed by atoms with E-state index in [1.165, 1.54) is 0 Å². The summed E-state index contributed by atoms with van der Waals surface area (Å²) in [5.41, 5.74) is 7.63. The van der Waals surface area contributed by atoms with Crippen LogP contribution in [0.2, 0.25) is 0 Å². The fourth-order valence-corrected chi connectivity index (χ4v) is 1.57. The van der Waals surface area contributed by atoms with E-state index in [9.17, 15) is 4.79 Å². The molecule has 1 aliphatic rings. The third-order valence-corrected chi connectivity index (χ3v) is 2.21. The lowest BCUT2D eigenvalue weighted by atomic mass is 9.93. The summed E-state index contributed by atoms with van der Waals surface area (Å²) in [6.45, 7) is 0. The van der Waals surface area contributed by atoms with Crippen molar-refractivity contribution in [2.24, 2.45) is 5.73 Å². The number of halogens is 1. The fourth-order valence-electron chi connectivity index (χ4n) is 1.57. The van der Waals surface area contributed by atoms with Crippen LogP contribution < -0.4 is 11.3 Å². The molecule has 0 spiro atoms. The van der Waals surface area contributed by atoms with Crippen LogP contribution in [0, 0.1) is 0 Å². The van der Waals surface area contributed by atoms with E-state index < -0.39 is 0 Å². The molecule has 0 saturated carbocycles. The van der Waals surface area contributed by atoms with E-state index in [0.717, 1.165) is 30.5 Å². The van der Waals surface area contributed by atoms with Gasteiger partial charge in [0, 0.05) is 12.1 Å². The summed E-state index contributed by atoms with van der Waals surface area (Å²) in [6.07, 6.45) is 2.63. The Kier molecular flexibility index (Phi) is 3.06. The van der Waals surface area contributed by atoms with E-state index in [1.807, 2.05) is 0 Å². The molecule has 2 rings (SSSR count). The monoisotopic (exact) mass is 201 g/mol. The maximum absolute atomic E-state index is 10.9. The van der Waals surface area contributed by atoms with Gasteiger partial charge in [-0.05, 0) is 24.8 Å². The van der Waals surface area contributed by atoms with E-state index in [-0.39, 0.29) is 24.0 Å². The first-order valence-electron chi connectivity index (χ1n) is 4.09. The van der Waals surface area contributed by atoms with Gasteiger partial charge in [-0.25, -0.2) is 5.10 Å². The summed E-state index contributed by atoms with van der Waals surface area (Å²) in [5.74, 6) is 0. The van der Waals surface area contributed by atoms with E-state index in [1.54, 1.807) is 6.07 Å². The molecular weight excluding hydrogens is 190 g/mol. The summed E-state index contributed by atoms with van der Waals surface area (Å²) < 4.78 is 0. The molecule has 72 valence electrons. The average molecular weight is 202 g/mol. The van der Waals surface area contributed by atoms with Gasteiger partial charge in [0.05, 0.1) is 5.69 Å². The van der Waals surface area contributed by atoms with Gasteiger partial charge in [0.2, 0.25) is 0 Å². The quantitative estimate of drug-likeness (QED) is 0.621. The zero-order valence-electron chi connectivity index (χ0n) is 7.12. The highest BCUT2D eigenvalue weighted by Crippen LogP contribution is 2.15. The molecule has 4 nitrogen and oxygen atoms in total. The molecule has 1 atom stereocenters. The molecule has 0 aromatic carbocycles. The maximum atomic E-state index is 10.9. The molecule has 0 amide bonds. The van der Waals surface area contributed by atoms with Gasteiger partial charge in [-0.2, -0.15) is 5.10 Å². The highest BCUT2D eigenvalue weighted by Gasteiger charge is 2.16. The van der Waals surface area contributed by atoms with Crippen LogP contribution in [0.4, 0.5) is 0 Å². The predicted molar refractivity (Wildman–Crippen MR) is 52.1 cm³/mol. The molecule has 0 radical (unpaired) electrons. The first-order valence-corrected chi connectivity index (χ1v) is 4.09. The molecule has 3 N–H and O–H groups in total. The van der Waals surface area contributed by atoms with Crippen LogP contribution >= 0.6 is 12.4 Å². The van der Waals surface area contributed by atoms with Crippen molar-refractivity contribution in [3.8, 4) is 0 Å². The van der Waals surface area contributed by atoms with E-state index in [2.05, 4.69) is 10.2 Å². The third-order valence-electron chi connectivity index (χ3n) is 2.21. The second-order valence-corrected chi connectivity index (χ2v) is 3.21. The Balaban J connectivity index is 0.000000845. The smallest absolute Gasteiger partial charge is 0.264 e. The van der Waals surface area contributed by atoms with Gasteiger partial charge in [-0.1, -0.05) is 0 Å². The minimum absolute atomic E-state index is 0. The number of aryl methyl sites for hydroxylation is 1. The van der Waals surface area contributed by atoms with Crippen molar-refractivity contribution < 1.29 is 0 Å². The van der Waals surface area contributed by atoms with E-state index >= 15 is 0 Å². The van der Waals surface area contributed by atoms with Gasteiger partial charge >= 0.3 is 0 Å². The Morgan fingerprint density at radius 1 is 1.62 bits per heavy atom. The highest BCUT2D eigenvalue weighted by molar-refractivity contribution is 5.85. The van der Waals surface area contributed by atoms with Gasteiger partial charge in [0.15, 0.2) is 0 Å². The molecule has 1 heterocycles. The number of aromatic nitrogens is 2. The number of rotatable bonds is 0. The lowest BCUT2D eigenvalue weighted by Gasteiger charge is -2.18. The summed E-state index contributed by atoms with van der Waals surface area (Å²) in [4.78, 5) is 10.9. The largest absolute Gasteiger partial charge is 0.327 e. The molecule has 1 aliphatic carbocycles. The van der Waals surface area contributed by atoms with Crippen molar-refractivity contribution in [1.82, 2.24) is 10.2 Å². The second-order valence-electron chi connectivity index (χ2n) is 3.21. The summed E-state index contributed by atoms with van der Waals surface area (Å²) in [5, 5.41) is 6.39. The Bertz CT molecular complexity index is 349. The number of aromatic amines is 1. The van der Waals surface area contributed by atoms with Crippen molar-refractivity contribution in [1.29, 1.82) is 0 Å². The third kappa shape index (κ3) is 2.08. The number of hydrogen-bond donors (Lipinski definition) is 2.